The quantitative estimate of drug-likeness (QED) is 0.518. The zero-order chi connectivity index (χ0) is 25.2. The first kappa shape index (κ1) is 23.9. The van der Waals surface area contributed by atoms with Crippen molar-refractivity contribution in [2.75, 3.05) is 12.4 Å². The number of sulfonamides is 1. The Morgan fingerprint density at radius 1 is 0.971 bits per heavy atom. The molecule has 1 aliphatic rings. The number of hydrogen-bond acceptors (Lipinski definition) is 8. The van der Waals surface area contributed by atoms with Crippen LogP contribution >= 0.6 is 0 Å². The second kappa shape index (κ2) is 9.55. The maximum Gasteiger partial charge on any atom is 0.343 e. The van der Waals surface area contributed by atoms with Crippen molar-refractivity contribution in [3.63, 3.8) is 0 Å². The van der Waals surface area contributed by atoms with Gasteiger partial charge in [0.2, 0.25) is 5.95 Å². The van der Waals surface area contributed by atoms with E-state index in [-0.39, 0.29) is 33.4 Å². The van der Waals surface area contributed by atoms with Crippen LogP contribution in [0.4, 0.5) is 5.95 Å². The Hall–Kier alpha value is -4.25. The van der Waals surface area contributed by atoms with Gasteiger partial charge in [-0.05, 0) is 56.3 Å². The number of fused-ring (bicyclic) bond motifs is 1. The number of nitrogens with zero attached hydrogens (tertiary/aromatic N) is 3. The van der Waals surface area contributed by atoms with Gasteiger partial charge in [-0.2, -0.15) is 0 Å². The highest BCUT2D eigenvalue weighted by atomic mass is 32.2. The van der Waals surface area contributed by atoms with Crippen LogP contribution in [0.25, 0.3) is 5.76 Å². The van der Waals surface area contributed by atoms with Gasteiger partial charge in [0.1, 0.15) is 5.75 Å². The molecule has 4 rings (SSSR count). The van der Waals surface area contributed by atoms with E-state index in [0.717, 1.165) is 4.31 Å². The lowest BCUT2D eigenvalue weighted by Crippen LogP contribution is -2.44. The number of hydrogen-bond donors (Lipinski definition) is 1. The van der Waals surface area contributed by atoms with Crippen LogP contribution in [0.3, 0.4) is 0 Å². The standard InChI is InChI=1S/C24H22N4O6S/c1-15(2)28-20(22(29)27-24-25-13-6-14-26-24)21(18-7-4-5-8-19(18)35(28,31)32)34-23(30)16-9-11-17(33-3)12-10-16/h4-15H,1-3H3,(H,25,26,27,29). The molecule has 35 heavy (non-hydrogen) atoms. The summed E-state index contributed by atoms with van der Waals surface area (Å²) in [6, 6.07) is 13.1. The summed E-state index contributed by atoms with van der Waals surface area (Å²) in [5, 5.41) is 2.49. The summed E-state index contributed by atoms with van der Waals surface area (Å²) in [6.07, 6.45) is 2.85. The lowest BCUT2D eigenvalue weighted by Gasteiger charge is -2.35. The Labute approximate surface area is 202 Å². The van der Waals surface area contributed by atoms with Crippen LogP contribution in [0.1, 0.15) is 29.8 Å². The highest BCUT2D eigenvalue weighted by Crippen LogP contribution is 2.39. The van der Waals surface area contributed by atoms with Crippen molar-refractivity contribution in [2.24, 2.45) is 0 Å². The number of rotatable bonds is 6. The molecule has 2 aromatic carbocycles. The van der Waals surface area contributed by atoms with Gasteiger partial charge in [-0.15, -0.1) is 0 Å². The van der Waals surface area contributed by atoms with Gasteiger partial charge in [0, 0.05) is 24.0 Å². The Morgan fingerprint density at radius 2 is 1.63 bits per heavy atom. The van der Waals surface area contributed by atoms with E-state index in [9.17, 15) is 18.0 Å². The van der Waals surface area contributed by atoms with Gasteiger partial charge >= 0.3 is 5.97 Å². The highest BCUT2D eigenvalue weighted by molar-refractivity contribution is 7.89. The lowest BCUT2D eigenvalue weighted by molar-refractivity contribution is -0.114. The first-order chi connectivity index (χ1) is 16.7. The van der Waals surface area contributed by atoms with Gasteiger partial charge in [-0.3, -0.25) is 14.4 Å². The van der Waals surface area contributed by atoms with E-state index in [0.29, 0.717) is 5.75 Å². The molecule has 1 amide bonds. The van der Waals surface area contributed by atoms with Gasteiger partial charge in [0.05, 0.1) is 17.6 Å². The van der Waals surface area contributed by atoms with E-state index >= 15 is 0 Å². The lowest BCUT2D eigenvalue weighted by atomic mass is 10.1. The summed E-state index contributed by atoms with van der Waals surface area (Å²) in [5.74, 6) is -1.31. The molecule has 0 aliphatic carbocycles. The Kier molecular flexibility index (Phi) is 6.52. The molecule has 1 aliphatic heterocycles. The fourth-order valence-corrected chi connectivity index (χ4v) is 5.44. The maximum absolute atomic E-state index is 13.5. The van der Waals surface area contributed by atoms with Crippen LogP contribution in [0.2, 0.25) is 0 Å². The molecule has 0 atom stereocenters. The molecular formula is C24H22N4O6S. The number of benzene rings is 2. The van der Waals surface area contributed by atoms with Crippen LogP contribution in [-0.4, -0.2) is 47.7 Å². The first-order valence-corrected chi connectivity index (χ1v) is 12.0. The molecule has 180 valence electrons. The fraction of sp³-hybridized carbons (Fsp3) is 0.167. The fourth-order valence-electron chi connectivity index (χ4n) is 3.58. The van der Waals surface area contributed by atoms with Gasteiger partial charge in [-0.1, -0.05) is 12.1 Å². The molecule has 0 saturated heterocycles. The van der Waals surface area contributed by atoms with E-state index in [4.69, 9.17) is 9.47 Å². The number of anilines is 1. The van der Waals surface area contributed by atoms with Crippen LogP contribution in [0.15, 0.2) is 77.6 Å². The van der Waals surface area contributed by atoms with Crippen molar-refractivity contribution < 1.29 is 27.5 Å². The minimum absolute atomic E-state index is 0.0363. The number of esters is 1. The van der Waals surface area contributed by atoms with E-state index in [2.05, 4.69) is 15.3 Å². The second-order valence-corrected chi connectivity index (χ2v) is 9.50. The molecule has 2 heterocycles. The summed E-state index contributed by atoms with van der Waals surface area (Å²) in [6.45, 7) is 3.22. The Morgan fingerprint density at radius 3 is 2.26 bits per heavy atom. The van der Waals surface area contributed by atoms with Gasteiger partial charge < -0.3 is 9.47 Å². The van der Waals surface area contributed by atoms with Gasteiger partial charge in [-0.25, -0.2) is 23.2 Å². The van der Waals surface area contributed by atoms with Crippen LogP contribution in [0, 0.1) is 0 Å². The number of aromatic nitrogens is 2. The monoisotopic (exact) mass is 494 g/mol. The third kappa shape index (κ3) is 4.58. The van der Waals surface area contributed by atoms with Crippen molar-refractivity contribution in [2.45, 2.75) is 24.8 Å². The van der Waals surface area contributed by atoms with Crippen molar-refractivity contribution in [3.8, 4) is 5.75 Å². The number of carbonyl (C=O) groups excluding carboxylic acids is 2. The van der Waals surface area contributed by atoms with Crippen molar-refractivity contribution in [3.05, 3.63) is 83.8 Å². The van der Waals surface area contributed by atoms with Crippen molar-refractivity contribution in [1.82, 2.24) is 14.3 Å². The average Bonchev–Trinajstić information content (AvgIpc) is 2.85. The first-order valence-electron chi connectivity index (χ1n) is 10.6. The summed E-state index contributed by atoms with van der Waals surface area (Å²) in [4.78, 5) is 34.3. The van der Waals surface area contributed by atoms with Crippen molar-refractivity contribution >= 4 is 33.6 Å². The van der Waals surface area contributed by atoms with E-state index < -0.39 is 27.9 Å². The van der Waals surface area contributed by atoms with E-state index in [1.165, 1.54) is 43.8 Å². The van der Waals surface area contributed by atoms with E-state index in [1.54, 1.807) is 44.2 Å². The summed E-state index contributed by atoms with van der Waals surface area (Å²) in [7, 11) is -2.65. The third-order valence-corrected chi connectivity index (χ3v) is 7.13. The summed E-state index contributed by atoms with van der Waals surface area (Å²) in [5.41, 5.74) is -0.0788. The molecule has 0 saturated carbocycles. The molecule has 0 bridgehead atoms. The van der Waals surface area contributed by atoms with Crippen LogP contribution < -0.4 is 10.1 Å². The molecule has 10 nitrogen and oxygen atoms in total. The molecule has 0 unspecified atom stereocenters. The van der Waals surface area contributed by atoms with Crippen LogP contribution in [-0.2, 0) is 19.6 Å². The average molecular weight is 495 g/mol. The molecule has 0 radical (unpaired) electrons. The van der Waals surface area contributed by atoms with Gasteiger partial charge in [0.15, 0.2) is 11.5 Å². The normalized spacial score (nSPS) is 14.3. The molecule has 0 spiro atoms. The number of methoxy groups -OCH3 is 1. The minimum Gasteiger partial charge on any atom is -0.497 e. The maximum atomic E-state index is 13.5. The Balaban J connectivity index is 1.88. The minimum atomic E-state index is -4.14. The molecule has 1 aromatic heterocycles. The Bertz CT molecular complexity index is 1400. The topological polar surface area (TPSA) is 128 Å². The molecular weight excluding hydrogens is 472 g/mol. The number of nitrogens with one attached hydrogen (secondary N) is 1. The number of amides is 1. The molecule has 3 aromatic rings. The summed E-state index contributed by atoms with van der Waals surface area (Å²) >= 11 is 0. The van der Waals surface area contributed by atoms with Crippen molar-refractivity contribution in [1.29, 1.82) is 0 Å². The SMILES string of the molecule is COc1ccc(C(=O)OC2=C(C(=O)Nc3ncccn3)N(C(C)C)S(=O)(=O)c3ccccc32)cc1. The zero-order valence-corrected chi connectivity index (χ0v) is 19.9. The molecule has 0 fully saturated rings. The zero-order valence-electron chi connectivity index (χ0n) is 19.1. The number of carbonyl (C=O) groups is 2. The predicted octanol–water partition coefficient (Wildman–Crippen LogP) is 3.06. The summed E-state index contributed by atoms with van der Waals surface area (Å²) < 4.78 is 38.8. The van der Waals surface area contributed by atoms with Gasteiger partial charge in [0.25, 0.3) is 15.9 Å². The highest BCUT2D eigenvalue weighted by Gasteiger charge is 2.43. The number of ether oxygens (including phenoxy) is 2. The van der Waals surface area contributed by atoms with E-state index in [1.807, 2.05) is 0 Å². The third-order valence-electron chi connectivity index (χ3n) is 5.10. The smallest absolute Gasteiger partial charge is 0.343 e. The molecule has 1 N–H and O–H groups in total. The van der Waals surface area contributed by atoms with Crippen LogP contribution in [0.5, 0.6) is 5.75 Å². The largest absolute Gasteiger partial charge is 0.497 e. The molecule has 11 heteroatoms. The second-order valence-electron chi connectivity index (χ2n) is 7.71. The predicted molar refractivity (Wildman–Crippen MR) is 127 cm³/mol.